The maximum Gasteiger partial charge on any atom is 0.126 e. The summed E-state index contributed by atoms with van der Waals surface area (Å²) in [5.41, 5.74) is 2.10. The standard InChI is InChI=1S/C18H20FNO/c1-13(16-10-9-15(19)12-18(16)21)20-11-5-8-17(20)14-6-3-2-4-7-14/h2-4,6-7,9-10,12-13,17,21H,5,8,11H2,1H3. The van der Waals surface area contributed by atoms with Crippen LogP contribution in [0, 0.1) is 5.82 Å². The molecular weight excluding hydrogens is 265 g/mol. The number of likely N-dealkylation sites (tertiary alicyclic amines) is 1. The number of phenols is 1. The lowest BCUT2D eigenvalue weighted by Crippen LogP contribution is -2.26. The van der Waals surface area contributed by atoms with Gasteiger partial charge in [-0.2, -0.15) is 0 Å². The van der Waals surface area contributed by atoms with Gasteiger partial charge in [0.15, 0.2) is 0 Å². The average Bonchev–Trinajstić information content (AvgIpc) is 2.97. The summed E-state index contributed by atoms with van der Waals surface area (Å²) in [5.74, 6) is -0.356. The van der Waals surface area contributed by atoms with Crippen LogP contribution in [0.2, 0.25) is 0 Å². The van der Waals surface area contributed by atoms with Crippen molar-refractivity contribution < 1.29 is 9.50 Å². The second kappa shape index (κ2) is 5.86. The van der Waals surface area contributed by atoms with E-state index in [1.807, 2.05) is 6.07 Å². The van der Waals surface area contributed by atoms with Crippen LogP contribution in [0.25, 0.3) is 0 Å². The zero-order valence-corrected chi connectivity index (χ0v) is 12.2. The third kappa shape index (κ3) is 2.79. The third-order valence-corrected chi connectivity index (χ3v) is 4.42. The molecule has 1 N–H and O–H groups in total. The van der Waals surface area contributed by atoms with E-state index in [1.54, 1.807) is 6.07 Å². The Labute approximate surface area is 124 Å². The lowest BCUT2D eigenvalue weighted by molar-refractivity contribution is 0.191. The van der Waals surface area contributed by atoms with Gasteiger partial charge >= 0.3 is 0 Å². The molecule has 0 radical (unpaired) electrons. The lowest BCUT2D eigenvalue weighted by Gasteiger charge is -2.31. The van der Waals surface area contributed by atoms with Crippen LogP contribution in [-0.4, -0.2) is 16.6 Å². The smallest absolute Gasteiger partial charge is 0.126 e. The molecule has 1 fully saturated rings. The number of hydrogen-bond donors (Lipinski definition) is 1. The maximum absolute atomic E-state index is 13.2. The number of rotatable bonds is 3. The van der Waals surface area contributed by atoms with Crippen LogP contribution in [0.15, 0.2) is 48.5 Å². The molecule has 0 spiro atoms. The summed E-state index contributed by atoms with van der Waals surface area (Å²) in [4.78, 5) is 2.39. The fourth-order valence-electron chi connectivity index (χ4n) is 3.33. The first-order valence-electron chi connectivity index (χ1n) is 7.46. The van der Waals surface area contributed by atoms with Crippen LogP contribution >= 0.6 is 0 Å². The van der Waals surface area contributed by atoms with Gasteiger partial charge in [0.05, 0.1) is 0 Å². The van der Waals surface area contributed by atoms with Gasteiger partial charge in [0.25, 0.3) is 0 Å². The molecule has 3 rings (SSSR count). The highest BCUT2D eigenvalue weighted by Crippen LogP contribution is 2.40. The molecule has 0 aliphatic carbocycles. The minimum absolute atomic E-state index is 0.0428. The van der Waals surface area contributed by atoms with E-state index in [1.165, 1.54) is 17.7 Å². The normalized spacial score (nSPS) is 20.6. The van der Waals surface area contributed by atoms with Crippen molar-refractivity contribution in [1.29, 1.82) is 0 Å². The molecule has 2 unspecified atom stereocenters. The summed E-state index contributed by atoms with van der Waals surface area (Å²) in [5, 5.41) is 10.0. The summed E-state index contributed by atoms with van der Waals surface area (Å²) in [6.07, 6.45) is 2.27. The minimum Gasteiger partial charge on any atom is -0.508 e. The molecule has 21 heavy (non-hydrogen) atoms. The highest BCUT2D eigenvalue weighted by molar-refractivity contribution is 5.35. The molecule has 2 aromatic carbocycles. The minimum atomic E-state index is -0.399. The fraction of sp³-hybridized carbons (Fsp3) is 0.333. The Morgan fingerprint density at radius 2 is 1.95 bits per heavy atom. The highest BCUT2D eigenvalue weighted by Gasteiger charge is 2.31. The molecule has 3 heteroatoms. The number of aromatic hydroxyl groups is 1. The van der Waals surface area contributed by atoms with Crippen LogP contribution in [0.5, 0.6) is 5.75 Å². The van der Waals surface area contributed by atoms with E-state index < -0.39 is 5.82 Å². The van der Waals surface area contributed by atoms with Crippen molar-refractivity contribution in [2.24, 2.45) is 0 Å². The third-order valence-electron chi connectivity index (χ3n) is 4.42. The molecule has 110 valence electrons. The molecule has 0 aromatic heterocycles. The van der Waals surface area contributed by atoms with Crippen molar-refractivity contribution in [3.05, 3.63) is 65.5 Å². The monoisotopic (exact) mass is 285 g/mol. The number of nitrogens with zero attached hydrogens (tertiary/aromatic N) is 1. The molecule has 2 aromatic rings. The lowest BCUT2D eigenvalue weighted by atomic mass is 10.0. The zero-order chi connectivity index (χ0) is 14.8. The molecule has 1 saturated heterocycles. The van der Waals surface area contributed by atoms with Crippen LogP contribution in [0.1, 0.15) is 43.0 Å². The first-order valence-corrected chi connectivity index (χ1v) is 7.46. The summed E-state index contributed by atoms with van der Waals surface area (Å²) in [6.45, 7) is 3.08. The largest absolute Gasteiger partial charge is 0.508 e. The van der Waals surface area contributed by atoms with Crippen LogP contribution < -0.4 is 0 Å². The van der Waals surface area contributed by atoms with Crippen LogP contribution in [0.3, 0.4) is 0 Å². The predicted molar refractivity (Wildman–Crippen MR) is 81.6 cm³/mol. The molecular formula is C18H20FNO. The first kappa shape index (κ1) is 14.1. The van der Waals surface area contributed by atoms with Crippen LogP contribution in [0.4, 0.5) is 4.39 Å². The van der Waals surface area contributed by atoms with Crippen molar-refractivity contribution in [2.45, 2.75) is 31.8 Å². The van der Waals surface area contributed by atoms with E-state index in [0.29, 0.717) is 6.04 Å². The number of hydrogen-bond acceptors (Lipinski definition) is 2. The van der Waals surface area contributed by atoms with Gasteiger partial charge in [-0.3, -0.25) is 4.90 Å². The van der Waals surface area contributed by atoms with E-state index in [9.17, 15) is 9.50 Å². The van der Waals surface area contributed by atoms with E-state index >= 15 is 0 Å². The molecule has 1 aliphatic heterocycles. The molecule has 0 bridgehead atoms. The van der Waals surface area contributed by atoms with Gasteiger partial charge in [-0.15, -0.1) is 0 Å². The number of halogens is 1. The molecule has 0 saturated carbocycles. The Kier molecular flexibility index (Phi) is 3.93. The predicted octanol–water partition coefficient (Wildman–Crippen LogP) is 4.43. The van der Waals surface area contributed by atoms with E-state index in [2.05, 4.69) is 36.1 Å². The quantitative estimate of drug-likeness (QED) is 0.901. The van der Waals surface area contributed by atoms with Gasteiger partial charge in [0.1, 0.15) is 11.6 Å². The second-order valence-electron chi connectivity index (χ2n) is 5.69. The van der Waals surface area contributed by atoms with Gasteiger partial charge in [-0.1, -0.05) is 36.4 Å². The van der Waals surface area contributed by atoms with Crippen molar-refractivity contribution in [1.82, 2.24) is 4.90 Å². The summed E-state index contributed by atoms with van der Waals surface area (Å²) in [7, 11) is 0. The second-order valence-corrected chi connectivity index (χ2v) is 5.69. The van der Waals surface area contributed by atoms with Crippen molar-refractivity contribution >= 4 is 0 Å². The van der Waals surface area contributed by atoms with Gasteiger partial charge in [0.2, 0.25) is 0 Å². The number of benzene rings is 2. The molecule has 1 heterocycles. The Bertz CT molecular complexity index is 614. The topological polar surface area (TPSA) is 23.5 Å². The molecule has 2 nitrogen and oxygen atoms in total. The van der Waals surface area contributed by atoms with Gasteiger partial charge in [0, 0.05) is 23.7 Å². The molecule has 2 atom stereocenters. The number of phenolic OH excluding ortho intramolecular Hbond substituents is 1. The highest BCUT2D eigenvalue weighted by atomic mass is 19.1. The maximum atomic E-state index is 13.2. The SMILES string of the molecule is CC(c1ccc(F)cc1O)N1CCCC1c1ccccc1. The average molecular weight is 285 g/mol. The fourth-order valence-corrected chi connectivity index (χ4v) is 3.33. The summed E-state index contributed by atoms with van der Waals surface area (Å²) < 4.78 is 13.2. The van der Waals surface area contributed by atoms with E-state index in [4.69, 9.17) is 0 Å². The van der Waals surface area contributed by atoms with Gasteiger partial charge < -0.3 is 5.11 Å². The molecule has 0 amide bonds. The molecule has 1 aliphatic rings. The van der Waals surface area contributed by atoms with Crippen molar-refractivity contribution in [3.8, 4) is 5.75 Å². The first-order chi connectivity index (χ1) is 10.2. The summed E-state index contributed by atoms with van der Waals surface area (Å²) >= 11 is 0. The van der Waals surface area contributed by atoms with Crippen molar-refractivity contribution in [3.63, 3.8) is 0 Å². The zero-order valence-electron chi connectivity index (χ0n) is 12.2. The Morgan fingerprint density at radius 3 is 2.67 bits per heavy atom. The van der Waals surface area contributed by atoms with Gasteiger partial charge in [-0.05, 0) is 37.9 Å². The Hall–Kier alpha value is -1.87. The van der Waals surface area contributed by atoms with Gasteiger partial charge in [-0.25, -0.2) is 4.39 Å². The Morgan fingerprint density at radius 1 is 1.19 bits per heavy atom. The van der Waals surface area contributed by atoms with Crippen LogP contribution in [-0.2, 0) is 0 Å². The van der Waals surface area contributed by atoms with E-state index in [0.717, 1.165) is 24.9 Å². The Balaban J connectivity index is 1.88. The van der Waals surface area contributed by atoms with Crippen molar-refractivity contribution in [2.75, 3.05) is 6.54 Å². The van der Waals surface area contributed by atoms with E-state index in [-0.39, 0.29) is 11.8 Å². The summed E-state index contributed by atoms with van der Waals surface area (Å²) in [6, 6.07) is 15.2.